The lowest BCUT2D eigenvalue weighted by molar-refractivity contribution is -0.144. The normalized spacial score (nSPS) is 21.3. The van der Waals surface area contributed by atoms with Crippen LogP contribution >= 0.6 is 11.8 Å². The molecule has 0 aromatic heterocycles. The lowest BCUT2D eigenvalue weighted by Crippen LogP contribution is -2.32. The SMILES string of the molecule is CC(C)(C)c1cc(SC2CCCC[C@H]2OCC(=O)O)cc(C(C)(C)C)c1O. The van der Waals surface area contributed by atoms with Crippen LogP contribution in [-0.2, 0) is 20.4 Å². The first-order chi connectivity index (χ1) is 12.4. The van der Waals surface area contributed by atoms with Crippen molar-refractivity contribution in [3.63, 3.8) is 0 Å². The summed E-state index contributed by atoms with van der Waals surface area (Å²) in [4.78, 5) is 12.0. The molecule has 2 N–H and O–H groups in total. The van der Waals surface area contributed by atoms with Gasteiger partial charge in [-0.05, 0) is 35.8 Å². The molecule has 1 unspecified atom stereocenters. The fourth-order valence-electron chi connectivity index (χ4n) is 3.56. The minimum absolute atomic E-state index is 0.0372. The summed E-state index contributed by atoms with van der Waals surface area (Å²) < 4.78 is 5.68. The number of hydrogen-bond acceptors (Lipinski definition) is 4. The molecule has 1 aromatic carbocycles. The van der Waals surface area contributed by atoms with E-state index >= 15 is 0 Å². The molecule has 152 valence electrons. The summed E-state index contributed by atoms with van der Waals surface area (Å²) in [5.41, 5.74) is 1.59. The first-order valence-electron chi connectivity index (χ1n) is 9.77. The second kappa shape index (κ2) is 8.44. The fraction of sp³-hybridized carbons (Fsp3) is 0.682. The van der Waals surface area contributed by atoms with Crippen molar-refractivity contribution >= 4 is 17.7 Å². The molecule has 0 heterocycles. The molecule has 1 aliphatic rings. The molecule has 27 heavy (non-hydrogen) atoms. The van der Waals surface area contributed by atoms with Crippen LogP contribution in [0.3, 0.4) is 0 Å². The van der Waals surface area contributed by atoms with Crippen LogP contribution < -0.4 is 0 Å². The Balaban J connectivity index is 2.35. The van der Waals surface area contributed by atoms with Gasteiger partial charge in [0.2, 0.25) is 0 Å². The van der Waals surface area contributed by atoms with E-state index in [0.717, 1.165) is 41.7 Å². The maximum absolute atomic E-state index is 10.9. The lowest BCUT2D eigenvalue weighted by Gasteiger charge is -2.32. The van der Waals surface area contributed by atoms with Gasteiger partial charge in [-0.15, -0.1) is 11.8 Å². The highest BCUT2D eigenvalue weighted by Gasteiger charge is 2.30. The zero-order valence-electron chi connectivity index (χ0n) is 17.5. The van der Waals surface area contributed by atoms with Gasteiger partial charge in [-0.1, -0.05) is 54.4 Å². The molecule has 1 fully saturated rings. The molecule has 0 amide bonds. The number of phenols is 1. The van der Waals surface area contributed by atoms with Gasteiger partial charge in [0.25, 0.3) is 0 Å². The second-order valence-corrected chi connectivity index (χ2v) is 10.9. The number of benzene rings is 1. The van der Waals surface area contributed by atoms with Crippen molar-refractivity contribution < 1.29 is 19.7 Å². The van der Waals surface area contributed by atoms with Crippen LogP contribution in [0.15, 0.2) is 17.0 Å². The van der Waals surface area contributed by atoms with Gasteiger partial charge in [0.05, 0.1) is 6.10 Å². The summed E-state index contributed by atoms with van der Waals surface area (Å²) in [5.74, 6) is -0.527. The Kier molecular flexibility index (Phi) is 6.91. The fourth-order valence-corrected chi connectivity index (χ4v) is 4.93. The van der Waals surface area contributed by atoms with E-state index in [9.17, 15) is 9.90 Å². The van der Waals surface area contributed by atoms with E-state index in [1.54, 1.807) is 11.8 Å². The van der Waals surface area contributed by atoms with Gasteiger partial charge in [0.1, 0.15) is 12.4 Å². The summed E-state index contributed by atoms with van der Waals surface area (Å²) in [5, 5.41) is 20.1. The molecule has 4 nitrogen and oxygen atoms in total. The topological polar surface area (TPSA) is 66.8 Å². The van der Waals surface area contributed by atoms with Gasteiger partial charge in [-0.25, -0.2) is 4.79 Å². The van der Waals surface area contributed by atoms with Crippen molar-refractivity contribution in [2.24, 2.45) is 0 Å². The third-order valence-electron chi connectivity index (χ3n) is 5.05. The van der Waals surface area contributed by atoms with Crippen LogP contribution in [0.2, 0.25) is 0 Å². The smallest absolute Gasteiger partial charge is 0.329 e. The van der Waals surface area contributed by atoms with Gasteiger partial charge >= 0.3 is 5.97 Å². The molecular weight excluding hydrogens is 360 g/mol. The Bertz CT molecular complexity index is 635. The van der Waals surface area contributed by atoms with Crippen molar-refractivity contribution in [3.8, 4) is 5.75 Å². The van der Waals surface area contributed by atoms with Crippen LogP contribution in [0.4, 0.5) is 0 Å². The summed E-state index contributed by atoms with van der Waals surface area (Å²) in [6.07, 6.45) is 4.11. The van der Waals surface area contributed by atoms with Gasteiger partial charge < -0.3 is 14.9 Å². The number of carboxylic acids is 1. The molecule has 0 radical (unpaired) electrons. The van der Waals surface area contributed by atoms with Crippen molar-refractivity contribution in [2.75, 3.05) is 6.61 Å². The van der Waals surface area contributed by atoms with E-state index in [1.807, 2.05) is 0 Å². The highest BCUT2D eigenvalue weighted by atomic mass is 32.2. The maximum Gasteiger partial charge on any atom is 0.329 e. The van der Waals surface area contributed by atoms with Crippen LogP contribution in [0, 0.1) is 0 Å². The first-order valence-corrected chi connectivity index (χ1v) is 10.7. The van der Waals surface area contributed by atoms with E-state index in [1.165, 1.54) is 0 Å². The molecular formula is C22H34O4S. The minimum Gasteiger partial charge on any atom is -0.507 e. The Hall–Kier alpha value is -1.20. The van der Waals surface area contributed by atoms with Crippen molar-refractivity contribution in [2.45, 2.75) is 94.3 Å². The number of hydrogen-bond donors (Lipinski definition) is 2. The summed E-state index contributed by atoms with van der Waals surface area (Å²) in [6, 6.07) is 4.19. The predicted octanol–water partition coefficient (Wildman–Crippen LogP) is 5.49. The Labute approximate surface area is 167 Å². The average Bonchev–Trinajstić information content (AvgIpc) is 2.53. The molecule has 1 saturated carbocycles. The van der Waals surface area contributed by atoms with E-state index in [2.05, 4.69) is 53.7 Å². The Morgan fingerprint density at radius 2 is 1.59 bits per heavy atom. The Morgan fingerprint density at radius 3 is 2.07 bits per heavy atom. The van der Waals surface area contributed by atoms with E-state index in [4.69, 9.17) is 9.84 Å². The predicted molar refractivity (Wildman–Crippen MR) is 111 cm³/mol. The first kappa shape index (κ1) is 22.1. The van der Waals surface area contributed by atoms with Gasteiger partial charge in [-0.3, -0.25) is 0 Å². The second-order valence-electron chi connectivity index (χ2n) is 9.55. The largest absolute Gasteiger partial charge is 0.507 e. The standard InChI is InChI=1S/C22H34O4S/c1-21(2,3)15-11-14(12-16(20(15)25)22(4,5)6)27-18-10-8-7-9-17(18)26-13-19(23)24/h11-12,17-18,25H,7-10,13H2,1-6H3,(H,23,24)/t17-,18?/m1/s1. The zero-order valence-corrected chi connectivity index (χ0v) is 18.3. The van der Waals surface area contributed by atoms with Crippen LogP contribution in [0.1, 0.15) is 78.4 Å². The van der Waals surface area contributed by atoms with E-state index in [-0.39, 0.29) is 28.8 Å². The quantitative estimate of drug-likeness (QED) is 0.691. The summed E-state index contributed by atoms with van der Waals surface area (Å²) in [7, 11) is 0. The molecule has 0 bridgehead atoms. The Morgan fingerprint density at radius 1 is 1.07 bits per heavy atom. The van der Waals surface area contributed by atoms with Gasteiger partial charge in [0, 0.05) is 21.3 Å². The van der Waals surface area contributed by atoms with E-state index < -0.39 is 5.97 Å². The molecule has 1 aromatic rings. The van der Waals surface area contributed by atoms with Crippen LogP contribution in [0.25, 0.3) is 0 Å². The summed E-state index contributed by atoms with van der Waals surface area (Å²) >= 11 is 1.76. The zero-order chi connectivity index (χ0) is 20.4. The van der Waals surface area contributed by atoms with Gasteiger partial charge in [0.15, 0.2) is 0 Å². The molecule has 0 spiro atoms. The van der Waals surface area contributed by atoms with Crippen molar-refractivity contribution in [1.29, 1.82) is 0 Å². The number of thioether (sulfide) groups is 1. The van der Waals surface area contributed by atoms with Crippen molar-refractivity contribution in [1.82, 2.24) is 0 Å². The van der Waals surface area contributed by atoms with Crippen LogP contribution in [0.5, 0.6) is 5.75 Å². The number of ether oxygens (including phenoxy) is 1. The molecule has 2 atom stereocenters. The third kappa shape index (κ3) is 5.89. The number of rotatable bonds is 5. The van der Waals surface area contributed by atoms with Crippen molar-refractivity contribution in [3.05, 3.63) is 23.3 Å². The van der Waals surface area contributed by atoms with Crippen LogP contribution in [-0.4, -0.2) is 34.1 Å². The minimum atomic E-state index is -0.918. The highest BCUT2D eigenvalue weighted by Crippen LogP contribution is 2.44. The molecule has 0 saturated heterocycles. The number of carbonyl (C=O) groups is 1. The number of carboxylic acid groups (broad SMARTS) is 1. The highest BCUT2D eigenvalue weighted by molar-refractivity contribution is 8.00. The lowest BCUT2D eigenvalue weighted by atomic mass is 9.79. The molecule has 0 aliphatic heterocycles. The number of phenolic OH excluding ortho intramolecular Hbond substituents is 1. The number of aliphatic carboxylic acids is 1. The third-order valence-corrected chi connectivity index (χ3v) is 6.40. The maximum atomic E-state index is 10.9. The van der Waals surface area contributed by atoms with Gasteiger partial charge in [-0.2, -0.15) is 0 Å². The molecule has 2 rings (SSSR count). The average molecular weight is 395 g/mol. The monoisotopic (exact) mass is 394 g/mol. The molecule has 1 aliphatic carbocycles. The van der Waals surface area contributed by atoms with E-state index in [0.29, 0.717) is 5.75 Å². The summed E-state index contributed by atoms with van der Waals surface area (Å²) in [6.45, 7) is 12.4. The number of aromatic hydroxyl groups is 1. The molecule has 5 heteroatoms.